The lowest BCUT2D eigenvalue weighted by Gasteiger charge is -2.10. The van der Waals surface area contributed by atoms with E-state index in [0.717, 1.165) is 0 Å². The molecular weight excluding hydrogens is 295 g/mol. The first-order valence-electron chi connectivity index (χ1n) is 6.21. The van der Waals surface area contributed by atoms with Crippen LogP contribution in [0.3, 0.4) is 0 Å². The number of benzene rings is 2. The van der Waals surface area contributed by atoms with Gasteiger partial charge in [0.25, 0.3) is 0 Å². The number of carbonyl (C=O) groups is 1. The summed E-state index contributed by atoms with van der Waals surface area (Å²) in [6.07, 6.45) is 0. The number of hydrogen-bond donors (Lipinski definition) is 2. The number of nitrogens with one attached hydrogen (secondary N) is 2. The molecule has 0 heterocycles. The Balaban J connectivity index is 1.92. The summed E-state index contributed by atoms with van der Waals surface area (Å²) in [6.45, 7) is 0.0164. The highest BCUT2D eigenvalue weighted by Gasteiger charge is 2.06. The van der Waals surface area contributed by atoms with E-state index in [-0.39, 0.29) is 17.5 Å². The second kappa shape index (κ2) is 6.95. The minimum Gasteiger partial charge on any atom is -0.497 e. The van der Waals surface area contributed by atoms with E-state index in [1.54, 1.807) is 31.4 Å². The van der Waals surface area contributed by atoms with Crippen molar-refractivity contribution in [1.82, 2.24) is 0 Å². The highest BCUT2D eigenvalue weighted by molar-refractivity contribution is 6.33. The molecule has 6 heteroatoms. The van der Waals surface area contributed by atoms with Crippen LogP contribution < -0.4 is 15.4 Å². The highest BCUT2D eigenvalue weighted by Crippen LogP contribution is 2.22. The molecule has 0 atom stereocenters. The lowest BCUT2D eigenvalue weighted by atomic mass is 10.3. The Kier molecular flexibility index (Phi) is 5.00. The van der Waals surface area contributed by atoms with E-state index in [4.69, 9.17) is 16.3 Å². The van der Waals surface area contributed by atoms with Crippen LogP contribution in [-0.2, 0) is 4.79 Å². The van der Waals surface area contributed by atoms with E-state index in [1.807, 2.05) is 0 Å². The minimum atomic E-state index is -0.425. The Morgan fingerprint density at radius 3 is 2.81 bits per heavy atom. The maximum atomic E-state index is 12.9. The number of anilines is 2. The number of hydrogen-bond acceptors (Lipinski definition) is 3. The van der Waals surface area contributed by atoms with Crippen LogP contribution in [0.25, 0.3) is 0 Å². The van der Waals surface area contributed by atoms with Gasteiger partial charge in [0.15, 0.2) is 0 Å². The molecule has 2 rings (SSSR count). The van der Waals surface area contributed by atoms with Gasteiger partial charge in [-0.1, -0.05) is 17.7 Å². The normalized spacial score (nSPS) is 10.0. The lowest BCUT2D eigenvalue weighted by molar-refractivity contribution is -0.114. The molecule has 0 spiro atoms. The third-order valence-corrected chi connectivity index (χ3v) is 3.04. The summed E-state index contributed by atoms with van der Waals surface area (Å²) in [5.74, 6) is -0.0163. The first-order valence-corrected chi connectivity index (χ1v) is 6.59. The van der Waals surface area contributed by atoms with Gasteiger partial charge in [-0.2, -0.15) is 0 Å². The molecule has 110 valence electrons. The molecule has 0 radical (unpaired) electrons. The fraction of sp³-hybridized carbons (Fsp3) is 0.133. The molecule has 0 saturated heterocycles. The number of amides is 1. The fourth-order valence-corrected chi connectivity index (χ4v) is 1.95. The van der Waals surface area contributed by atoms with Crippen LogP contribution in [0.1, 0.15) is 0 Å². The number of halogens is 2. The average molecular weight is 309 g/mol. The summed E-state index contributed by atoms with van der Waals surface area (Å²) in [4.78, 5) is 11.8. The van der Waals surface area contributed by atoms with Crippen molar-refractivity contribution >= 4 is 28.9 Å². The average Bonchev–Trinajstić information content (AvgIpc) is 2.46. The first-order chi connectivity index (χ1) is 10.1. The van der Waals surface area contributed by atoms with Crippen molar-refractivity contribution in [2.75, 3.05) is 24.3 Å². The number of methoxy groups -OCH3 is 1. The molecular formula is C15H14ClFN2O2. The van der Waals surface area contributed by atoms with E-state index < -0.39 is 5.82 Å². The van der Waals surface area contributed by atoms with Gasteiger partial charge in [-0.05, 0) is 30.3 Å². The predicted molar refractivity (Wildman–Crippen MR) is 81.5 cm³/mol. The third-order valence-electron chi connectivity index (χ3n) is 2.72. The molecule has 0 bridgehead atoms. The summed E-state index contributed by atoms with van der Waals surface area (Å²) in [5.41, 5.74) is 1.13. The standard InChI is InChI=1S/C15H14ClFN2O2/c1-21-12-4-2-3-11(8-12)19-15(20)9-18-14-6-5-10(17)7-13(14)16/h2-8,18H,9H2,1H3,(H,19,20). The molecule has 0 aromatic heterocycles. The van der Waals surface area contributed by atoms with Gasteiger partial charge in [-0.25, -0.2) is 4.39 Å². The largest absolute Gasteiger partial charge is 0.497 e. The zero-order valence-electron chi connectivity index (χ0n) is 11.3. The SMILES string of the molecule is COc1cccc(NC(=O)CNc2ccc(F)cc2Cl)c1. The molecule has 0 aliphatic heterocycles. The minimum absolute atomic E-state index is 0.0164. The Labute approximate surface area is 126 Å². The van der Waals surface area contributed by atoms with Gasteiger partial charge < -0.3 is 15.4 Å². The predicted octanol–water partition coefficient (Wildman–Crippen LogP) is 3.54. The Hall–Kier alpha value is -2.27. The molecule has 4 nitrogen and oxygen atoms in total. The van der Waals surface area contributed by atoms with Crippen LogP contribution in [-0.4, -0.2) is 19.6 Å². The van der Waals surface area contributed by atoms with E-state index in [9.17, 15) is 9.18 Å². The Morgan fingerprint density at radius 1 is 1.29 bits per heavy atom. The van der Waals surface area contributed by atoms with Crippen LogP contribution >= 0.6 is 11.6 Å². The zero-order chi connectivity index (χ0) is 15.2. The Bertz CT molecular complexity index is 649. The van der Waals surface area contributed by atoms with Crippen LogP contribution in [0.15, 0.2) is 42.5 Å². The monoisotopic (exact) mass is 308 g/mol. The van der Waals surface area contributed by atoms with Gasteiger partial charge in [0.05, 0.1) is 24.4 Å². The Morgan fingerprint density at radius 2 is 2.10 bits per heavy atom. The maximum Gasteiger partial charge on any atom is 0.243 e. The second-order valence-corrected chi connectivity index (χ2v) is 4.67. The van der Waals surface area contributed by atoms with Crippen molar-refractivity contribution in [1.29, 1.82) is 0 Å². The molecule has 2 N–H and O–H groups in total. The molecule has 2 aromatic carbocycles. The first kappa shape index (κ1) is 15.1. The molecule has 0 fully saturated rings. The zero-order valence-corrected chi connectivity index (χ0v) is 12.1. The van der Waals surface area contributed by atoms with Crippen molar-refractivity contribution in [3.63, 3.8) is 0 Å². The molecule has 21 heavy (non-hydrogen) atoms. The molecule has 0 unspecified atom stereocenters. The van der Waals surface area contributed by atoms with Gasteiger partial charge in [0, 0.05) is 11.8 Å². The lowest BCUT2D eigenvalue weighted by Crippen LogP contribution is -2.21. The van der Waals surface area contributed by atoms with Crippen molar-refractivity contribution in [2.24, 2.45) is 0 Å². The van der Waals surface area contributed by atoms with Crippen molar-refractivity contribution < 1.29 is 13.9 Å². The molecule has 0 aliphatic carbocycles. The molecule has 2 aromatic rings. The number of rotatable bonds is 5. The number of ether oxygens (including phenoxy) is 1. The van der Waals surface area contributed by atoms with Gasteiger partial charge in [0.2, 0.25) is 5.91 Å². The van der Waals surface area contributed by atoms with Gasteiger partial charge in [0.1, 0.15) is 11.6 Å². The van der Waals surface area contributed by atoms with Crippen molar-refractivity contribution in [2.45, 2.75) is 0 Å². The smallest absolute Gasteiger partial charge is 0.243 e. The fourth-order valence-electron chi connectivity index (χ4n) is 1.71. The van der Waals surface area contributed by atoms with Crippen LogP contribution in [0.5, 0.6) is 5.75 Å². The molecule has 0 aliphatic rings. The number of carbonyl (C=O) groups excluding carboxylic acids is 1. The van der Waals surface area contributed by atoms with Gasteiger partial charge >= 0.3 is 0 Å². The van der Waals surface area contributed by atoms with Crippen LogP contribution in [0.2, 0.25) is 5.02 Å². The third kappa shape index (κ3) is 4.36. The molecule has 1 amide bonds. The van der Waals surface area contributed by atoms with E-state index in [0.29, 0.717) is 17.1 Å². The van der Waals surface area contributed by atoms with Crippen LogP contribution in [0.4, 0.5) is 15.8 Å². The van der Waals surface area contributed by atoms with E-state index >= 15 is 0 Å². The topological polar surface area (TPSA) is 50.4 Å². The quantitative estimate of drug-likeness (QED) is 0.888. The summed E-state index contributed by atoms with van der Waals surface area (Å²) in [6, 6.07) is 11.0. The highest BCUT2D eigenvalue weighted by atomic mass is 35.5. The van der Waals surface area contributed by atoms with Crippen molar-refractivity contribution in [3.8, 4) is 5.75 Å². The summed E-state index contributed by atoms with van der Waals surface area (Å²) in [5, 5.41) is 5.79. The maximum absolute atomic E-state index is 12.9. The van der Waals surface area contributed by atoms with E-state index in [1.165, 1.54) is 18.2 Å². The van der Waals surface area contributed by atoms with Crippen LogP contribution in [0, 0.1) is 5.82 Å². The summed E-state index contributed by atoms with van der Waals surface area (Å²) < 4.78 is 18.0. The summed E-state index contributed by atoms with van der Waals surface area (Å²) >= 11 is 5.86. The van der Waals surface area contributed by atoms with Gasteiger partial charge in [-0.15, -0.1) is 0 Å². The van der Waals surface area contributed by atoms with Crippen molar-refractivity contribution in [3.05, 3.63) is 53.3 Å². The van der Waals surface area contributed by atoms with E-state index in [2.05, 4.69) is 10.6 Å². The summed E-state index contributed by atoms with van der Waals surface area (Å²) in [7, 11) is 1.55. The molecule has 0 saturated carbocycles. The van der Waals surface area contributed by atoms with Gasteiger partial charge in [-0.3, -0.25) is 4.79 Å². The second-order valence-electron chi connectivity index (χ2n) is 4.26.